The van der Waals surface area contributed by atoms with E-state index in [2.05, 4.69) is 0 Å². The van der Waals surface area contributed by atoms with Crippen LogP contribution in [0, 0.1) is 18.6 Å². The molecule has 2 aromatic carbocycles. The highest BCUT2D eigenvalue weighted by molar-refractivity contribution is 5.66. The van der Waals surface area contributed by atoms with E-state index in [1.165, 1.54) is 25.1 Å². The van der Waals surface area contributed by atoms with Gasteiger partial charge in [-0.1, -0.05) is 18.2 Å². The number of alkyl halides is 3. The summed E-state index contributed by atoms with van der Waals surface area (Å²) in [7, 11) is 0. The van der Waals surface area contributed by atoms with Crippen LogP contribution in [0.1, 0.15) is 11.1 Å². The smallest absolute Gasteiger partial charge is 0.204 e. The summed E-state index contributed by atoms with van der Waals surface area (Å²) < 4.78 is 64.7. The van der Waals surface area contributed by atoms with Gasteiger partial charge >= 0.3 is 6.18 Å². The van der Waals surface area contributed by atoms with E-state index in [4.69, 9.17) is 0 Å². The molecule has 0 saturated heterocycles. The third kappa shape index (κ3) is 2.75. The lowest BCUT2D eigenvalue weighted by Crippen LogP contribution is -2.05. The van der Waals surface area contributed by atoms with Gasteiger partial charge in [-0.05, 0) is 36.2 Å². The normalized spacial score (nSPS) is 11.7. The second-order valence-corrected chi connectivity index (χ2v) is 4.19. The number of rotatable bonds is 1. The van der Waals surface area contributed by atoms with Crippen molar-refractivity contribution < 1.29 is 22.0 Å². The molecule has 0 aliphatic carbocycles. The van der Waals surface area contributed by atoms with Gasteiger partial charge in [0.15, 0.2) is 11.6 Å². The minimum absolute atomic E-state index is 0.00400. The molecule has 0 unspecified atom stereocenters. The summed E-state index contributed by atoms with van der Waals surface area (Å²) in [5.41, 5.74) is -0.738. The van der Waals surface area contributed by atoms with E-state index in [1.807, 2.05) is 0 Å². The third-order valence-electron chi connectivity index (χ3n) is 2.67. The molecule has 2 aromatic rings. The third-order valence-corrected chi connectivity index (χ3v) is 2.67. The van der Waals surface area contributed by atoms with E-state index >= 15 is 0 Å². The minimum atomic E-state index is -4.52. The molecule has 0 nitrogen and oxygen atoms in total. The summed E-state index contributed by atoms with van der Waals surface area (Å²) in [5, 5.41) is 0. The fraction of sp³-hybridized carbons (Fsp3) is 0.143. The largest absolute Gasteiger partial charge is 0.416 e. The van der Waals surface area contributed by atoms with Crippen molar-refractivity contribution in [1.29, 1.82) is 0 Å². The highest BCUT2D eigenvalue weighted by atomic mass is 19.4. The van der Waals surface area contributed by atoms with Crippen molar-refractivity contribution in [3.8, 4) is 11.1 Å². The molecule has 0 aliphatic rings. The first-order valence-electron chi connectivity index (χ1n) is 5.42. The number of hydrogen-bond acceptors (Lipinski definition) is 0. The molecule has 0 saturated carbocycles. The van der Waals surface area contributed by atoms with Crippen LogP contribution in [0.5, 0.6) is 0 Å². The second kappa shape index (κ2) is 4.64. The van der Waals surface area contributed by atoms with Crippen molar-refractivity contribution in [2.45, 2.75) is 13.1 Å². The van der Waals surface area contributed by atoms with Crippen LogP contribution >= 0.6 is 0 Å². The Morgan fingerprint density at radius 1 is 0.947 bits per heavy atom. The lowest BCUT2D eigenvalue weighted by Gasteiger charge is -2.11. The molecular weight excluding hydrogens is 263 g/mol. The zero-order valence-electron chi connectivity index (χ0n) is 9.85. The maximum atomic E-state index is 13.6. The van der Waals surface area contributed by atoms with Crippen LogP contribution in [0.15, 0.2) is 36.4 Å². The average molecular weight is 272 g/mol. The Labute approximate surface area is 106 Å². The summed E-state index contributed by atoms with van der Waals surface area (Å²) in [5.74, 6) is -2.24. The maximum Gasteiger partial charge on any atom is 0.416 e. The number of halogens is 5. The van der Waals surface area contributed by atoms with Gasteiger partial charge in [0.2, 0.25) is 0 Å². The number of hydrogen-bond donors (Lipinski definition) is 0. The zero-order chi connectivity index (χ0) is 14.2. The molecule has 5 heteroatoms. The van der Waals surface area contributed by atoms with Gasteiger partial charge in [-0.25, -0.2) is 8.78 Å². The molecular formula is C14H9F5. The lowest BCUT2D eigenvalue weighted by atomic mass is 9.99. The van der Waals surface area contributed by atoms with Gasteiger partial charge in [0.05, 0.1) is 5.56 Å². The van der Waals surface area contributed by atoms with Crippen LogP contribution in [-0.2, 0) is 6.18 Å². The molecule has 19 heavy (non-hydrogen) atoms. The van der Waals surface area contributed by atoms with Crippen LogP contribution in [0.3, 0.4) is 0 Å². The van der Waals surface area contributed by atoms with Crippen molar-refractivity contribution in [2.75, 3.05) is 0 Å². The van der Waals surface area contributed by atoms with Gasteiger partial charge in [-0.2, -0.15) is 13.2 Å². The average Bonchev–Trinajstić information content (AvgIpc) is 2.31. The van der Waals surface area contributed by atoms with E-state index in [0.717, 1.165) is 18.2 Å². The van der Waals surface area contributed by atoms with Crippen molar-refractivity contribution in [3.05, 3.63) is 59.2 Å². The molecule has 0 amide bonds. The summed E-state index contributed by atoms with van der Waals surface area (Å²) in [6, 6.07) is 6.56. The monoisotopic (exact) mass is 272 g/mol. The highest BCUT2D eigenvalue weighted by Crippen LogP contribution is 2.34. The molecule has 0 bridgehead atoms. The van der Waals surface area contributed by atoms with Crippen molar-refractivity contribution >= 4 is 0 Å². The van der Waals surface area contributed by atoms with E-state index in [9.17, 15) is 22.0 Å². The number of benzene rings is 2. The lowest BCUT2D eigenvalue weighted by molar-refractivity contribution is -0.137. The van der Waals surface area contributed by atoms with Crippen molar-refractivity contribution in [3.63, 3.8) is 0 Å². The van der Waals surface area contributed by atoms with Crippen LogP contribution in [0.4, 0.5) is 22.0 Å². The van der Waals surface area contributed by atoms with Gasteiger partial charge in [0.25, 0.3) is 0 Å². The molecule has 0 aromatic heterocycles. The summed E-state index contributed by atoms with van der Waals surface area (Å²) in [6.45, 7) is 1.47. The Morgan fingerprint density at radius 2 is 1.63 bits per heavy atom. The molecule has 0 fully saturated rings. The van der Waals surface area contributed by atoms with Gasteiger partial charge in [-0.3, -0.25) is 0 Å². The Hall–Kier alpha value is -1.91. The quantitative estimate of drug-likeness (QED) is 0.644. The Balaban J connectivity index is 2.63. The van der Waals surface area contributed by atoms with E-state index in [0.29, 0.717) is 5.56 Å². The first kappa shape index (κ1) is 13.5. The molecule has 100 valence electrons. The second-order valence-electron chi connectivity index (χ2n) is 4.19. The van der Waals surface area contributed by atoms with Gasteiger partial charge in [0, 0.05) is 5.56 Å². The fourth-order valence-corrected chi connectivity index (χ4v) is 1.83. The molecule has 0 radical (unpaired) electrons. The first-order chi connectivity index (χ1) is 8.79. The van der Waals surface area contributed by atoms with E-state index in [1.54, 1.807) is 0 Å². The minimum Gasteiger partial charge on any atom is -0.204 e. The molecule has 0 heterocycles. The fourth-order valence-electron chi connectivity index (χ4n) is 1.83. The van der Waals surface area contributed by atoms with Gasteiger partial charge in [0.1, 0.15) is 0 Å². The van der Waals surface area contributed by atoms with Crippen LogP contribution < -0.4 is 0 Å². The first-order valence-corrected chi connectivity index (χ1v) is 5.42. The molecule has 0 spiro atoms. The van der Waals surface area contributed by atoms with Crippen molar-refractivity contribution in [2.24, 2.45) is 0 Å². The van der Waals surface area contributed by atoms with Crippen molar-refractivity contribution in [1.82, 2.24) is 0 Å². The van der Waals surface area contributed by atoms with E-state index in [-0.39, 0.29) is 11.1 Å². The van der Waals surface area contributed by atoms with Gasteiger partial charge < -0.3 is 0 Å². The molecule has 2 rings (SSSR count). The summed E-state index contributed by atoms with van der Waals surface area (Å²) in [6.07, 6.45) is -4.52. The highest BCUT2D eigenvalue weighted by Gasteiger charge is 2.31. The van der Waals surface area contributed by atoms with E-state index < -0.39 is 23.4 Å². The topological polar surface area (TPSA) is 0 Å². The number of aryl methyl sites for hydroxylation is 1. The van der Waals surface area contributed by atoms with Gasteiger partial charge in [-0.15, -0.1) is 0 Å². The maximum absolute atomic E-state index is 13.6. The predicted molar refractivity (Wildman–Crippen MR) is 61.5 cm³/mol. The molecule has 0 aliphatic heterocycles. The Bertz CT molecular complexity index is 614. The predicted octanol–water partition coefficient (Wildman–Crippen LogP) is 4.96. The Kier molecular flexibility index (Phi) is 3.30. The van der Waals surface area contributed by atoms with Crippen LogP contribution in [0.25, 0.3) is 11.1 Å². The standard InChI is InChI=1S/C14H9F5/c1-8-5-9(7-10(6-8)14(17,18)19)11-3-2-4-12(15)13(11)16/h2-7H,1H3. The SMILES string of the molecule is Cc1cc(-c2cccc(F)c2F)cc(C(F)(F)F)c1. The Morgan fingerprint density at radius 3 is 2.26 bits per heavy atom. The van der Waals surface area contributed by atoms with Crippen LogP contribution in [-0.4, -0.2) is 0 Å². The van der Waals surface area contributed by atoms with Crippen LogP contribution in [0.2, 0.25) is 0 Å². The summed E-state index contributed by atoms with van der Waals surface area (Å²) >= 11 is 0. The molecule has 0 N–H and O–H groups in total. The molecule has 0 atom stereocenters. The summed E-state index contributed by atoms with van der Waals surface area (Å²) in [4.78, 5) is 0. The zero-order valence-corrected chi connectivity index (χ0v) is 9.85.